The largest absolute Gasteiger partial charge is 0.497 e. The SMILES string of the molecule is COc1ccc(C(=O)[C@@H]2CCCN(Cc3ccc4cccc(F)c4n3)C2)c(OC)c1. The second-order valence-electron chi connectivity index (χ2n) is 7.62. The molecule has 0 aliphatic carbocycles. The fourth-order valence-electron chi connectivity index (χ4n) is 4.10. The van der Waals surface area contributed by atoms with Crippen molar-refractivity contribution in [2.24, 2.45) is 5.92 Å². The molecule has 2 aromatic carbocycles. The summed E-state index contributed by atoms with van der Waals surface area (Å²) < 4.78 is 24.7. The molecule has 6 heteroatoms. The molecule has 0 amide bonds. The Labute approximate surface area is 175 Å². The number of fused-ring (bicyclic) bond motifs is 1. The van der Waals surface area contributed by atoms with Crippen molar-refractivity contribution in [2.45, 2.75) is 19.4 Å². The predicted molar refractivity (Wildman–Crippen MR) is 114 cm³/mol. The number of aromatic nitrogens is 1. The highest BCUT2D eigenvalue weighted by Gasteiger charge is 2.28. The van der Waals surface area contributed by atoms with Crippen molar-refractivity contribution in [3.8, 4) is 11.5 Å². The van der Waals surface area contributed by atoms with Gasteiger partial charge >= 0.3 is 0 Å². The lowest BCUT2D eigenvalue weighted by atomic mass is 9.89. The molecule has 156 valence electrons. The molecule has 3 aromatic rings. The maximum absolute atomic E-state index is 14.1. The highest BCUT2D eigenvalue weighted by Crippen LogP contribution is 2.30. The van der Waals surface area contributed by atoms with Crippen LogP contribution in [0.3, 0.4) is 0 Å². The van der Waals surface area contributed by atoms with Crippen molar-refractivity contribution in [2.75, 3.05) is 27.3 Å². The van der Waals surface area contributed by atoms with Gasteiger partial charge in [-0.15, -0.1) is 0 Å². The Bertz CT molecular complexity index is 1070. The first-order valence-corrected chi connectivity index (χ1v) is 10.1. The molecule has 0 spiro atoms. The average molecular weight is 408 g/mol. The number of ketones is 1. The van der Waals surface area contributed by atoms with E-state index in [2.05, 4.69) is 9.88 Å². The maximum Gasteiger partial charge on any atom is 0.170 e. The zero-order chi connectivity index (χ0) is 21.1. The lowest BCUT2D eigenvalue weighted by Gasteiger charge is -2.32. The number of ether oxygens (including phenoxy) is 2. The first-order chi connectivity index (χ1) is 14.6. The van der Waals surface area contributed by atoms with Crippen LogP contribution < -0.4 is 9.47 Å². The molecule has 1 fully saturated rings. The molecule has 0 radical (unpaired) electrons. The monoisotopic (exact) mass is 408 g/mol. The number of methoxy groups -OCH3 is 2. The van der Waals surface area contributed by atoms with E-state index in [1.807, 2.05) is 18.2 Å². The van der Waals surface area contributed by atoms with Crippen LogP contribution in [0.5, 0.6) is 11.5 Å². The Morgan fingerprint density at radius 2 is 2.03 bits per heavy atom. The van der Waals surface area contributed by atoms with E-state index in [0.29, 0.717) is 35.7 Å². The van der Waals surface area contributed by atoms with E-state index in [0.717, 1.165) is 30.5 Å². The highest BCUT2D eigenvalue weighted by atomic mass is 19.1. The number of benzene rings is 2. The Morgan fingerprint density at radius 1 is 1.17 bits per heavy atom. The van der Waals surface area contributed by atoms with Crippen molar-refractivity contribution in [1.29, 1.82) is 0 Å². The normalized spacial score (nSPS) is 17.1. The standard InChI is InChI=1S/C24H25FN2O3/c1-29-19-10-11-20(22(13-19)30-2)24(28)17-6-4-12-27(14-17)15-18-9-8-16-5-3-7-21(25)23(16)26-18/h3,5,7-11,13,17H,4,6,12,14-15H2,1-2H3/t17-/m1/s1. The summed E-state index contributed by atoms with van der Waals surface area (Å²) in [5, 5.41) is 0.789. The second kappa shape index (κ2) is 8.79. The van der Waals surface area contributed by atoms with Gasteiger partial charge in [0.05, 0.1) is 25.5 Å². The van der Waals surface area contributed by atoms with Gasteiger partial charge in [0.15, 0.2) is 5.78 Å². The molecule has 30 heavy (non-hydrogen) atoms. The number of likely N-dealkylation sites (tertiary alicyclic amines) is 1. The van der Waals surface area contributed by atoms with Crippen molar-refractivity contribution in [3.05, 3.63) is 65.6 Å². The van der Waals surface area contributed by atoms with E-state index < -0.39 is 0 Å². The smallest absolute Gasteiger partial charge is 0.170 e. The predicted octanol–water partition coefficient (Wildman–Crippen LogP) is 4.49. The molecular formula is C24H25FN2O3. The van der Waals surface area contributed by atoms with E-state index in [1.165, 1.54) is 6.07 Å². The quantitative estimate of drug-likeness (QED) is 0.563. The van der Waals surface area contributed by atoms with Crippen LogP contribution in [0.4, 0.5) is 4.39 Å². The third-order valence-corrected chi connectivity index (χ3v) is 5.66. The van der Waals surface area contributed by atoms with Gasteiger partial charge < -0.3 is 9.47 Å². The molecule has 1 aliphatic rings. The molecular weight excluding hydrogens is 383 g/mol. The third-order valence-electron chi connectivity index (χ3n) is 5.66. The van der Waals surface area contributed by atoms with Crippen molar-refractivity contribution >= 4 is 16.7 Å². The van der Waals surface area contributed by atoms with Crippen molar-refractivity contribution < 1.29 is 18.7 Å². The first-order valence-electron chi connectivity index (χ1n) is 10.1. The second-order valence-corrected chi connectivity index (χ2v) is 7.62. The Balaban J connectivity index is 1.50. The summed E-state index contributed by atoms with van der Waals surface area (Å²) in [5.74, 6) is 0.842. The van der Waals surface area contributed by atoms with Gasteiger partial charge in [-0.3, -0.25) is 9.69 Å². The average Bonchev–Trinajstić information content (AvgIpc) is 2.79. The Hall–Kier alpha value is -2.99. The van der Waals surface area contributed by atoms with Crippen LogP contribution >= 0.6 is 0 Å². The van der Waals surface area contributed by atoms with Crippen molar-refractivity contribution in [3.63, 3.8) is 0 Å². The molecule has 1 aliphatic heterocycles. The maximum atomic E-state index is 14.1. The van der Waals surface area contributed by atoms with Crippen LogP contribution in [0.1, 0.15) is 28.9 Å². The molecule has 2 heterocycles. The lowest BCUT2D eigenvalue weighted by molar-refractivity contribution is 0.0807. The van der Waals surface area contributed by atoms with Gasteiger partial charge in [0.25, 0.3) is 0 Å². The molecule has 4 rings (SSSR count). The molecule has 0 saturated carbocycles. The summed E-state index contributed by atoms with van der Waals surface area (Å²) in [6.07, 6.45) is 1.76. The number of pyridine rings is 1. The van der Waals surface area contributed by atoms with Gasteiger partial charge in [0, 0.05) is 30.5 Å². The number of carbonyl (C=O) groups is 1. The molecule has 0 N–H and O–H groups in total. The van der Waals surface area contributed by atoms with Gasteiger partial charge in [-0.25, -0.2) is 9.37 Å². The highest BCUT2D eigenvalue weighted by molar-refractivity contribution is 6.00. The lowest BCUT2D eigenvalue weighted by Crippen LogP contribution is -2.38. The zero-order valence-electron chi connectivity index (χ0n) is 17.2. The molecule has 0 bridgehead atoms. The summed E-state index contributed by atoms with van der Waals surface area (Å²) in [5.41, 5.74) is 1.78. The van der Waals surface area contributed by atoms with Crippen LogP contribution in [0.2, 0.25) is 0 Å². The van der Waals surface area contributed by atoms with Gasteiger partial charge in [-0.1, -0.05) is 18.2 Å². The van der Waals surface area contributed by atoms with Crippen LogP contribution in [-0.4, -0.2) is 43.0 Å². The van der Waals surface area contributed by atoms with E-state index in [4.69, 9.17) is 9.47 Å². The van der Waals surface area contributed by atoms with Crippen LogP contribution in [0.25, 0.3) is 10.9 Å². The summed E-state index contributed by atoms with van der Waals surface area (Å²) in [4.78, 5) is 19.9. The summed E-state index contributed by atoms with van der Waals surface area (Å²) in [7, 11) is 3.14. The minimum absolute atomic E-state index is 0.0803. The number of hydrogen-bond acceptors (Lipinski definition) is 5. The number of halogens is 1. The van der Waals surface area contributed by atoms with E-state index in [-0.39, 0.29) is 17.5 Å². The fourth-order valence-corrected chi connectivity index (χ4v) is 4.10. The van der Waals surface area contributed by atoms with E-state index in [1.54, 1.807) is 38.5 Å². The van der Waals surface area contributed by atoms with Crippen LogP contribution in [-0.2, 0) is 6.54 Å². The Morgan fingerprint density at radius 3 is 2.83 bits per heavy atom. The first kappa shape index (κ1) is 20.3. The zero-order valence-corrected chi connectivity index (χ0v) is 17.2. The van der Waals surface area contributed by atoms with Crippen molar-refractivity contribution in [1.82, 2.24) is 9.88 Å². The molecule has 5 nitrogen and oxygen atoms in total. The minimum atomic E-state index is -0.312. The number of rotatable bonds is 6. The molecule has 1 aromatic heterocycles. The number of hydrogen-bond donors (Lipinski definition) is 0. The fraction of sp³-hybridized carbons (Fsp3) is 0.333. The van der Waals surface area contributed by atoms with Gasteiger partial charge in [0.2, 0.25) is 0 Å². The number of nitrogens with zero attached hydrogens (tertiary/aromatic N) is 2. The molecule has 0 unspecified atom stereocenters. The number of piperidine rings is 1. The molecule has 1 saturated heterocycles. The van der Waals surface area contributed by atoms with Crippen LogP contribution in [0, 0.1) is 11.7 Å². The summed E-state index contributed by atoms with van der Waals surface area (Å²) in [6, 6.07) is 14.1. The number of para-hydroxylation sites is 1. The van der Waals surface area contributed by atoms with Gasteiger partial charge in [-0.2, -0.15) is 0 Å². The topological polar surface area (TPSA) is 51.7 Å². The van der Waals surface area contributed by atoms with Gasteiger partial charge in [0.1, 0.15) is 22.8 Å². The van der Waals surface area contributed by atoms with Crippen LogP contribution in [0.15, 0.2) is 48.5 Å². The summed E-state index contributed by atoms with van der Waals surface area (Å²) >= 11 is 0. The van der Waals surface area contributed by atoms with E-state index >= 15 is 0 Å². The minimum Gasteiger partial charge on any atom is -0.497 e. The third kappa shape index (κ3) is 4.14. The molecule has 1 atom stereocenters. The number of carbonyl (C=O) groups excluding carboxylic acids is 1. The van der Waals surface area contributed by atoms with Gasteiger partial charge in [-0.05, 0) is 43.7 Å². The van der Waals surface area contributed by atoms with E-state index in [9.17, 15) is 9.18 Å². The summed E-state index contributed by atoms with van der Waals surface area (Å²) in [6.45, 7) is 2.12. The number of Topliss-reactive ketones (excluding diaryl/α,β-unsaturated/α-hetero) is 1. The Kier molecular flexibility index (Phi) is 5.95.